The van der Waals surface area contributed by atoms with Crippen LogP contribution in [0, 0.1) is 25.2 Å². The lowest BCUT2D eigenvalue weighted by molar-refractivity contribution is 0.456. The Morgan fingerprint density at radius 1 is 1.11 bits per heavy atom. The molecule has 37 heavy (non-hydrogen) atoms. The largest absolute Gasteiger partial charge is 0.438 e. The Hall–Kier alpha value is -3.94. The molecule has 2 aromatic carbocycles. The number of anilines is 1. The Bertz CT molecular complexity index is 1620. The second-order valence-electron chi connectivity index (χ2n) is 8.84. The third kappa shape index (κ3) is 5.43. The molecule has 0 amide bonds. The molecule has 2 aromatic heterocycles. The first-order valence-electron chi connectivity index (χ1n) is 11.4. The van der Waals surface area contributed by atoms with Gasteiger partial charge < -0.3 is 4.74 Å². The molecular formula is C26H25ClN6O3S. The second kappa shape index (κ2) is 10.2. The van der Waals surface area contributed by atoms with Gasteiger partial charge in [-0.1, -0.05) is 49.7 Å². The maximum absolute atomic E-state index is 13.1. The van der Waals surface area contributed by atoms with Gasteiger partial charge in [-0.25, -0.2) is 18.1 Å². The summed E-state index contributed by atoms with van der Waals surface area (Å²) in [5.74, 6) is 0.655. The van der Waals surface area contributed by atoms with E-state index in [1.165, 1.54) is 11.7 Å². The molecule has 4 rings (SSSR count). The van der Waals surface area contributed by atoms with Crippen molar-refractivity contribution >= 4 is 27.6 Å². The standard InChI is InChI=1S/C26H25ClN6O3S/c1-15(2)19-8-6-7-9-20(19)21-12-23(36-24-16(3)10-18(13-28)11-17(24)4)31-26(30-21)32-37(34,35)22-14-29-33(5)25(22)27/h6-12,14-15H,1-5H3,(H,30,31,32). The van der Waals surface area contributed by atoms with Crippen LogP contribution in [0.3, 0.4) is 0 Å². The van der Waals surface area contributed by atoms with Crippen molar-refractivity contribution in [1.29, 1.82) is 5.26 Å². The zero-order chi connectivity index (χ0) is 26.9. The monoisotopic (exact) mass is 536 g/mol. The van der Waals surface area contributed by atoms with Crippen LogP contribution in [0.15, 0.2) is 53.6 Å². The summed E-state index contributed by atoms with van der Waals surface area (Å²) >= 11 is 6.13. The van der Waals surface area contributed by atoms with Crippen LogP contribution >= 0.6 is 11.6 Å². The van der Waals surface area contributed by atoms with Gasteiger partial charge in [0.25, 0.3) is 10.0 Å². The molecule has 0 spiro atoms. The van der Waals surface area contributed by atoms with Crippen LogP contribution in [0.25, 0.3) is 11.3 Å². The maximum atomic E-state index is 13.1. The van der Waals surface area contributed by atoms with E-state index in [9.17, 15) is 13.7 Å². The molecule has 0 aliphatic heterocycles. The van der Waals surface area contributed by atoms with Gasteiger partial charge in [-0.3, -0.25) is 4.68 Å². The summed E-state index contributed by atoms with van der Waals surface area (Å²) < 4.78 is 36.0. The molecule has 0 unspecified atom stereocenters. The molecule has 0 aliphatic rings. The Morgan fingerprint density at radius 2 is 1.78 bits per heavy atom. The third-order valence-corrected chi connectivity index (χ3v) is 7.60. The fraction of sp³-hybridized carbons (Fsp3) is 0.231. The van der Waals surface area contributed by atoms with Gasteiger partial charge in [0, 0.05) is 18.7 Å². The molecule has 2 heterocycles. The van der Waals surface area contributed by atoms with E-state index in [0.717, 1.165) is 28.5 Å². The predicted molar refractivity (Wildman–Crippen MR) is 141 cm³/mol. The van der Waals surface area contributed by atoms with Gasteiger partial charge >= 0.3 is 0 Å². The normalized spacial score (nSPS) is 11.4. The first-order valence-corrected chi connectivity index (χ1v) is 13.2. The Labute approximate surface area is 220 Å². The van der Waals surface area contributed by atoms with Gasteiger partial charge in [0.2, 0.25) is 11.8 Å². The van der Waals surface area contributed by atoms with Gasteiger partial charge in [0.15, 0.2) is 0 Å². The Kier molecular flexibility index (Phi) is 7.21. The van der Waals surface area contributed by atoms with Crippen LogP contribution in [-0.2, 0) is 17.1 Å². The lowest BCUT2D eigenvalue weighted by atomic mass is 9.95. The van der Waals surface area contributed by atoms with E-state index in [0.29, 0.717) is 17.0 Å². The number of halogens is 1. The predicted octanol–water partition coefficient (Wildman–Crippen LogP) is 5.74. The van der Waals surface area contributed by atoms with Crippen molar-refractivity contribution in [3.8, 4) is 29.0 Å². The van der Waals surface area contributed by atoms with Gasteiger partial charge in [-0.2, -0.15) is 15.3 Å². The summed E-state index contributed by atoms with van der Waals surface area (Å²) in [6.45, 7) is 7.78. The lowest BCUT2D eigenvalue weighted by Crippen LogP contribution is -2.16. The molecular weight excluding hydrogens is 512 g/mol. The molecule has 190 valence electrons. The topological polar surface area (TPSA) is 123 Å². The number of sulfonamides is 1. The molecule has 1 N–H and O–H groups in total. The van der Waals surface area contributed by atoms with Crippen LogP contribution in [0.5, 0.6) is 11.6 Å². The van der Waals surface area contributed by atoms with Crippen molar-refractivity contribution in [3.05, 3.63) is 76.1 Å². The Balaban J connectivity index is 1.85. The molecule has 0 aliphatic carbocycles. The number of ether oxygens (including phenoxy) is 1. The number of aromatic nitrogens is 4. The smallest absolute Gasteiger partial charge is 0.268 e. The van der Waals surface area contributed by atoms with Crippen molar-refractivity contribution in [2.24, 2.45) is 7.05 Å². The number of hydrogen-bond donors (Lipinski definition) is 1. The first-order chi connectivity index (χ1) is 17.5. The van der Waals surface area contributed by atoms with Crippen molar-refractivity contribution in [3.63, 3.8) is 0 Å². The molecule has 0 atom stereocenters. The van der Waals surface area contributed by atoms with E-state index in [2.05, 4.69) is 39.7 Å². The zero-order valence-electron chi connectivity index (χ0n) is 20.9. The third-order valence-electron chi connectivity index (χ3n) is 5.71. The van der Waals surface area contributed by atoms with E-state index in [1.807, 2.05) is 38.1 Å². The van der Waals surface area contributed by atoms with Gasteiger partial charge in [0.1, 0.15) is 15.8 Å². The molecule has 0 bridgehead atoms. The quantitative estimate of drug-likeness (QED) is 0.319. The number of nitrogens with one attached hydrogen (secondary N) is 1. The summed E-state index contributed by atoms with van der Waals surface area (Å²) in [5, 5.41) is 13.1. The van der Waals surface area contributed by atoms with E-state index < -0.39 is 10.0 Å². The minimum absolute atomic E-state index is 0.0471. The highest BCUT2D eigenvalue weighted by molar-refractivity contribution is 7.92. The fourth-order valence-corrected chi connectivity index (χ4v) is 5.31. The van der Waals surface area contributed by atoms with Gasteiger partial charge in [-0.05, 0) is 48.6 Å². The summed E-state index contributed by atoms with van der Waals surface area (Å²) in [6, 6.07) is 15.0. The fourth-order valence-electron chi connectivity index (χ4n) is 3.93. The van der Waals surface area contributed by atoms with Crippen molar-refractivity contribution in [2.75, 3.05) is 4.72 Å². The molecule has 0 fully saturated rings. The average molecular weight is 537 g/mol. The molecule has 9 nitrogen and oxygen atoms in total. The summed E-state index contributed by atoms with van der Waals surface area (Å²) in [4.78, 5) is 8.66. The SMILES string of the molecule is Cc1cc(C#N)cc(C)c1Oc1cc(-c2ccccc2C(C)C)nc(NS(=O)(=O)c2cnn(C)c2Cl)n1. The number of aryl methyl sites for hydroxylation is 3. The summed E-state index contributed by atoms with van der Waals surface area (Å²) in [5.41, 5.74) is 4.32. The number of rotatable bonds is 7. The van der Waals surface area contributed by atoms with Crippen molar-refractivity contribution < 1.29 is 13.2 Å². The van der Waals surface area contributed by atoms with E-state index in [4.69, 9.17) is 16.3 Å². The minimum Gasteiger partial charge on any atom is -0.438 e. The number of nitrogens with zero attached hydrogens (tertiary/aromatic N) is 5. The van der Waals surface area contributed by atoms with Crippen molar-refractivity contribution in [1.82, 2.24) is 19.7 Å². The second-order valence-corrected chi connectivity index (χ2v) is 10.8. The molecule has 0 saturated carbocycles. The van der Waals surface area contributed by atoms with Gasteiger partial charge in [0.05, 0.1) is 23.5 Å². The first kappa shape index (κ1) is 26.1. The van der Waals surface area contributed by atoms with E-state index in [1.54, 1.807) is 18.2 Å². The number of hydrogen-bond acceptors (Lipinski definition) is 7. The Morgan fingerprint density at radius 3 is 2.38 bits per heavy atom. The maximum Gasteiger partial charge on any atom is 0.268 e. The minimum atomic E-state index is -4.15. The lowest BCUT2D eigenvalue weighted by Gasteiger charge is -2.16. The van der Waals surface area contributed by atoms with Crippen LogP contribution in [0.4, 0.5) is 5.95 Å². The average Bonchev–Trinajstić information content (AvgIpc) is 3.19. The summed E-state index contributed by atoms with van der Waals surface area (Å²) in [6.07, 6.45) is 1.16. The van der Waals surface area contributed by atoms with Crippen LogP contribution in [-0.4, -0.2) is 28.2 Å². The zero-order valence-corrected chi connectivity index (χ0v) is 22.5. The van der Waals surface area contributed by atoms with E-state index >= 15 is 0 Å². The van der Waals surface area contributed by atoms with Crippen molar-refractivity contribution in [2.45, 2.75) is 38.5 Å². The van der Waals surface area contributed by atoms with E-state index in [-0.39, 0.29) is 27.8 Å². The summed E-state index contributed by atoms with van der Waals surface area (Å²) in [7, 11) is -2.61. The van der Waals surface area contributed by atoms with Gasteiger partial charge in [-0.15, -0.1) is 0 Å². The highest BCUT2D eigenvalue weighted by Gasteiger charge is 2.24. The van der Waals surface area contributed by atoms with Crippen LogP contribution in [0.2, 0.25) is 5.15 Å². The van der Waals surface area contributed by atoms with Crippen LogP contribution in [0.1, 0.15) is 42.0 Å². The highest BCUT2D eigenvalue weighted by atomic mass is 35.5. The highest BCUT2D eigenvalue weighted by Crippen LogP contribution is 2.34. The number of benzene rings is 2. The van der Waals surface area contributed by atoms with Crippen LogP contribution < -0.4 is 9.46 Å². The molecule has 0 radical (unpaired) electrons. The number of nitriles is 1. The molecule has 0 saturated heterocycles. The molecule has 11 heteroatoms. The molecule has 4 aromatic rings.